The number of pyridine rings is 1. The third-order valence-electron chi connectivity index (χ3n) is 5.88. The third-order valence-corrected chi connectivity index (χ3v) is 7.00. The number of rotatable bonds is 3. The van der Waals surface area contributed by atoms with Gasteiger partial charge < -0.3 is 14.5 Å². The number of amides is 2. The van der Waals surface area contributed by atoms with Gasteiger partial charge in [-0.25, -0.2) is 9.97 Å². The lowest BCUT2D eigenvalue weighted by Crippen LogP contribution is -2.40. The standard InChI is InChI=1S/C22H23N5O3S/c1-14-11-25-17(12-24-14)21(28)27-6-4-15(13-27)18-16-3-2-5-23-20(16)31-19(18)22(29)26-7-9-30-10-8-26/h2-3,5,11-12,15H,4,6-10,13H2,1H3/t15-/m0/s1. The van der Waals surface area contributed by atoms with Crippen molar-refractivity contribution in [3.63, 3.8) is 0 Å². The Balaban J connectivity index is 1.45. The maximum absolute atomic E-state index is 13.4. The Labute approximate surface area is 183 Å². The number of morpholine rings is 1. The zero-order valence-corrected chi connectivity index (χ0v) is 18.1. The molecule has 2 amide bonds. The van der Waals surface area contributed by atoms with E-state index in [1.807, 2.05) is 28.9 Å². The van der Waals surface area contributed by atoms with Crippen molar-refractivity contribution in [2.24, 2.45) is 0 Å². The molecule has 31 heavy (non-hydrogen) atoms. The number of hydrogen-bond donors (Lipinski definition) is 0. The molecule has 0 spiro atoms. The topological polar surface area (TPSA) is 88.5 Å². The van der Waals surface area contributed by atoms with Crippen LogP contribution in [0.4, 0.5) is 0 Å². The Morgan fingerprint density at radius 1 is 1.06 bits per heavy atom. The third kappa shape index (κ3) is 3.79. The monoisotopic (exact) mass is 437 g/mol. The van der Waals surface area contributed by atoms with Gasteiger partial charge in [0.05, 0.1) is 30.0 Å². The van der Waals surface area contributed by atoms with E-state index < -0.39 is 0 Å². The van der Waals surface area contributed by atoms with E-state index in [4.69, 9.17) is 4.74 Å². The van der Waals surface area contributed by atoms with Gasteiger partial charge in [-0.15, -0.1) is 11.3 Å². The van der Waals surface area contributed by atoms with Gasteiger partial charge in [-0.3, -0.25) is 14.6 Å². The lowest BCUT2D eigenvalue weighted by molar-refractivity contribution is 0.0305. The molecular weight excluding hydrogens is 414 g/mol. The second-order valence-electron chi connectivity index (χ2n) is 7.89. The number of carbonyl (C=O) groups excluding carboxylic acids is 2. The van der Waals surface area contributed by atoms with Crippen LogP contribution in [0.1, 0.15) is 43.8 Å². The van der Waals surface area contributed by atoms with Crippen molar-refractivity contribution in [1.82, 2.24) is 24.8 Å². The van der Waals surface area contributed by atoms with Gasteiger partial charge in [-0.1, -0.05) is 6.07 Å². The number of carbonyl (C=O) groups is 2. The number of thiophene rings is 1. The fraction of sp³-hybridized carbons (Fsp3) is 0.409. The lowest BCUT2D eigenvalue weighted by atomic mass is 9.95. The molecule has 0 radical (unpaired) electrons. The van der Waals surface area contributed by atoms with E-state index >= 15 is 0 Å². The summed E-state index contributed by atoms with van der Waals surface area (Å²) in [6, 6.07) is 3.93. The molecule has 8 nitrogen and oxygen atoms in total. The van der Waals surface area contributed by atoms with E-state index in [9.17, 15) is 9.59 Å². The van der Waals surface area contributed by atoms with Gasteiger partial charge in [0, 0.05) is 49.9 Å². The minimum atomic E-state index is -0.117. The molecule has 3 aromatic heterocycles. The van der Waals surface area contributed by atoms with Crippen LogP contribution in [0.25, 0.3) is 10.2 Å². The van der Waals surface area contributed by atoms with Crippen LogP contribution in [0.2, 0.25) is 0 Å². The molecule has 1 atom stereocenters. The molecule has 0 aromatic carbocycles. The average Bonchev–Trinajstić information content (AvgIpc) is 3.44. The number of nitrogens with zero attached hydrogens (tertiary/aromatic N) is 5. The number of ether oxygens (including phenoxy) is 1. The zero-order valence-electron chi connectivity index (χ0n) is 17.3. The highest BCUT2D eigenvalue weighted by Gasteiger charge is 2.34. The molecule has 2 saturated heterocycles. The molecule has 2 aliphatic rings. The quantitative estimate of drug-likeness (QED) is 0.626. The predicted molar refractivity (Wildman–Crippen MR) is 116 cm³/mol. The van der Waals surface area contributed by atoms with Gasteiger partial charge in [0.1, 0.15) is 10.5 Å². The number of aryl methyl sites for hydroxylation is 1. The molecule has 0 bridgehead atoms. The molecule has 0 aliphatic carbocycles. The second kappa shape index (κ2) is 8.32. The smallest absolute Gasteiger partial charge is 0.274 e. The summed E-state index contributed by atoms with van der Waals surface area (Å²) in [4.78, 5) is 44.5. The van der Waals surface area contributed by atoms with Crippen molar-refractivity contribution in [2.75, 3.05) is 39.4 Å². The summed E-state index contributed by atoms with van der Waals surface area (Å²) in [5.41, 5.74) is 2.15. The number of hydrogen-bond acceptors (Lipinski definition) is 7. The maximum Gasteiger partial charge on any atom is 0.274 e. The lowest BCUT2D eigenvalue weighted by Gasteiger charge is -2.27. The van der Waals surface area contributed by atoms with Crippen LogP contribution in [0.15, 0.2) is 30.7 Å². The van der Waals surface area contributed by atoms with Crippen molar-refractivity contribution in [1.29, 1.82) is 0 Å². The maximum atomic E-state index is 13.4. The molecule has 3 aromatic rings. The Morgan fingerprint density at radius 2 is 1.90 bits per heavy atom. The number of likely N-dealkylation sites (tertiary alicyclic amines) is 1. The molecule has 5 heterocycles. The van der Waals surface area contributed by atoms with Crippen LogP contribution < -0.4 is 0 Å². The SMILES string of the molecule is Cc1cnc(C(=O)N2CC[C@H](c3c(C(=O)N4CCOCC4)sc4ncccc34)C2)cn1. The van der Waals surface area contributed by atoms with Gasteiger partial charge in [0.25, 0.3) is 11.8 Å². The van der Waals surface area contributed by atoms with Crippen LogP contribution in [0.3, 0.4) is 0 Å². The van der Waals surface area contributed by atoms with Gasteiger partial charge in [-0.05, 0) is 25.0 Å². The molecule has 0 unspecified atom stereocenters. The fourth-order valence-corrected chi connectivity index (χ4v) is 5.47. The van der Waals surface area contributed by atoms with Gasteiger partial charge >= 0.3 is 0 Å². The van der Waals surface area contributed by atoms with Crippen molar-refractivity contribution >= 4 is 33.4 Å². The summed E-state index contributed by atoms with van der Waals surface area (Å²) in [6.07, 6.45) is 5.70. The molecular formula is C22H23N5O3S. The predicted octanol–water partition coefficient (Wildman–Crippen LogP) is 2.50. The first-order valence-corrected chi connectivity index (χ1v) is 11.3. The van der Waals surface area contributed by atoms with Crippen molar-refractivity contribution < 1.29 is 14.3 Å². The minimum Gasteiger partial charge on any atom is -0.378 e. The normalized spacial score (nSPS) is 19.2. The first-order valence-electron chi connectivity index (χ1n) is 10.4. The largest absolute Gasteiger partial charge is 0.378 e. The van der Waals surface area contributed by atoms with Crippen LogP contribution in [-0.2, 0) is 4.74 Å². The van der Waals surface area contributed by atoms with Crippen molar-refractivity contribution in [2.45, 2.75) is 19.3 Å². The van der Waals surface area contributed by atoms with Crippen LogP contribution in [0.5, 0.6) is 0 Å². The van der Waals surface area contributed by atoms with Crippen LogP contribution in [-0.4, -0.2) is 76.0 Å². The Kier molecular flexibility index (Phi) is 5.37. The summed E-state index contributed by atoms with van der Waals surface area (Å²) in [5.74, 6) is 0.00416. The zero-order chi connectivity index (χ0) is 21.4. The van der Waals surface area contributed by atoms with Crippen LogP contribution in [0, 0.1) is 6.92 Å². The summed E-state index contributed by atoms with van der Waals surface area (Å²) in [5, 5.41) is 1.01. The molecule has 160 valence electrons. The van der Waals surface area contributed by atoms with Gasteiger partial charge in [0.15, 0.2) is 0 Å². The molecule has 5 rings (SSSR count). The first-order chi connectivity index (χ1) is 15.1. The van der Waals surface area contributed by atoms with Gasteiger partial charge in [0.2, 0.25) is 0 Å². The van der Waals surface area contributed by atoms with Crippen LogP contribution >= 0.6 is 11.3 Å². The first kappa shape index (κ1) is 20.0. The minimum absolute atomic E-state index is 0.0375. The highest BCUT2D eigenvalue weighted by Crippen LogP contribution is 2.40. The van der Waals surface area contributed by atoms with E-state index in [0.29, 0.717) is 45.1 Å². The van der Waals surface area contributed by atoms with E-state index in [1.54, 1.807) is 12.4 Å². The van der Waals surface area contributed by atoms with E-state index in [0.717, 1.165) is 32.8 Å². The summed E-state index contributed by atoms with van der Waals surface area (Å²) in [6.45, 7) is 5.35. The number of fused-ring (bicyclic) bond motifs is 1. The summed E-state index contributed by atoms with van der Waals surface area (Å²) in [7, 11) is 0. The highest BCUT2D eigenvalue weighted by molar-refractivity contribution is 7.20. The second-order valence-corrected chi connectivity index (χ2v) is 8.88. The molecule has 2 aliphatic heterocycles. The Bertz CT molecular complexity index is 1120. The molecule has 2 fully saturated rings. The Morgan fingerprint density at radius 3 is 2.68 bits per heavy atom. The molecule has 9 heteroatoms. The Hall–Kier alpha value is -2.91. The molecule has 0 N–H and O–H groups in total. The summed E-state index contributed by atoms with van der Waals surface area (Å²) < 4.78 is 5.41. The fourth-order valence-electron chi connectivity index (χ4n) is 4.27. The van der Waals surface area contributed by atoms with E-state index in [2.05, 4.69) is 15.0 Å². The van der Waals surface area contributed by atoms with Gasteiger partial charge in [-0.2, -0.15) is 0 Å². The molecule has 0 saturated carbocycles. The highest BCUT2D eigenvalue weighted by atomic mass is 32.1. The van der Waals surface area contributed by atoms with E-state index in [-0.39, 0.29) is 17.7 Å². The number of aromatic nitrogens is 3. The van der Waals surface area contributed by atoms with E-state index in [1.165, 1.54) is 17.5 Å². The van der Waals surface area contributed by atoms with Crippen molar-refractivity contribution in [3.8, 4) is 0 Å². The summed E-state index contributed by atoms with van der Waals surface area (Å²) >= 11 is 1.45. The van der Waals surface area contributed by atoms with Crippen molar-refractivity contribution in [3.05, 3.63) is 52.6 Å². The average molecular weight is 438 g/mol.